The van der Waals surface area contributed by atoms with E-state index in [9.17, 15) is 19.2 Å². The highest BCUT2D eigenvalue weighted by Crippen LogP contribution is 2.27. The fraction of sp³-hybridized carbons (Fsp3) is 0.154. The third-order valence-electron chi connectivity index (χ3n) is 5.59. The summed E-state index contributed by atoms with van der Waals surface area (Å²) in [5.74, 6) is -1.90. The number of nitrogens with one attached hydrogen (secondary N) is 1. The number of rotatable bonds is 5. The van der Waals surface area contributed by atoms with Crippen molar-refractivity contribution in [3.05, 3.63) is 87.7 Å². The van der Waals surface area contributed by atoms with Gasteiger partial charge in [-0.3, -0.25) is 14.9 Å². The number of benzene rings is 2. The zero-order chi connectivity index (χ0) is 25.3. The number of carbonyl (C=O) groups is 4. The summed E-state index contributed by atoms with van der Waals surface area (Å²) in [4.78, 5) is 51.0. The van der Waals surface area contributed by atoms with E-state index in [4.69, 9.17) is 16.3 Å². The van der Waals surface area contributed by atoms with Crippen molar-refractivity contribution in [2.45, 2.75) is 20.8 Å². The van der Waals surface area contributed by atoms with Gasteiger partial charge >= 0.3 is 12.0 Å². The van der Waals surface area contributed by atoms with Crippen LogP contribution in [0.2, 0.25) is 5.02 Å². The van der Waals surface area contributed by atoms with Crippen LogP contribution in [0.3, 0.4) is 0 Å². The summed E-state index contributed by atoms with van der Waals surface area (Å²) in [6, 6.07) is 14.1. The van der Waals surface area contributed by atoms with Crippen LogP contribution >= 0.6 is 11.6 Å². The van der Waals surface area contributed by atoms with E-state index in [-0.39, 0.29) is 5.57 Å². The molecule has 0 spiro atoms. The molecule has 0 unspecified atom stereocenters. The Morgan fingerprint density at radius 2 is 1.63 bits per heavy atom. The fourth-order valence-electron chi connectivity index (χ4n) is 3.93. The van der Waals surface area contributed by atoms with E-state index in [1.807, 2.05) is 24.5 Å². The maximum absolute atomic E-state index is 13.2. The molecule has 0 atom stereocenters. The van der Waals surface area contributed by atoms with Crippen LogP contribution < -0.4 is 10.2 Å². The van der Waals surface area contributed by atoms with Crippen LogP contribution in [0, 0.1) is 13.8 Å². The van der Waals surface area contributed by atoms with Crippen molar-refractivity contribution in [2.24, 2.45) is 0 Å². The van der Waals surface area contributed by atoms with Gasteiger partial charge in [-0.15, -0.1) is 0 Å². The number of halogens is 1. The first-order valence-corrected chi connectivity index (χ1v) is 11.2. The number of aromatic nitrogens is 1. The summed E-state index contributed by atoms with van der Waals surface area (Å²) in [7, 11) is 0. The quantitative estimate of drug-likeness (QED) is 0.320. The Hall–Kier alpha value is -4.17. The van der Waals surface area contributed by atoms with E-state index in [2.05, 4.69) is 5.32 Å². The molecule has 8 nitrogen and oxygen atoms in total. The van der Waals surface area contributed by atoms with E-state index in [0.717, 1.165) is 22.0 Å². The lowest BCUT2D eigenvalue weighted by molar-refractivity contribution is -0.122. The zero-order valence-electron chi connectivity index (χ0n) is 19.3. The predicted octanol–water partition coefficient (Wildman–Crippen LogP) is 4.59. The van der Waals surface area contributed by atoms with E-state index < -0.39 is 23.8 Å². The van der Waals surface area contributed by atoms with Crippen LogP contribution in [-0.2, 0) is 14.3 Å². The molecule has 1 saturated heterocycles. The smallest absolute Gasteiger partial charge is 0.338 e. The molecular weight excluding hydrogens is 470 g/mol. The number of aryl methyl sites for hydroxylation is 1. The average Bonchev–Trinajstić information content (AvgIpc) is 3.10. The minimum Gasteiger partial charge on any atom is -0.462 e. The summed E-state index contributed by atoms with van der Waals surface area (Å²) < 4.78 is 6.97. The molecule has 178 valence electrons. The maximum atomic E-state index is 13.2. The number of hydrogen-bond acceptors (Lipinski definition) is 5. The Morgan fingerprint density at radius 1 is 1.00 bits per heavy atom. The molecule has 0 bridgehead atoms. The lowest BCUT2D eigenvalue weighted by Crippen LogP contribution is -2.54. The Kier molecular flexibility index (Phi) is 6.57. The molecule has 1 fully saturated rings. The van der Waals surface area contributed by atoms with Gasteiger partial charge < -0.3 is 9.30 Å². The molecule has 2 aromatic carbocycles. The molecule has 0 saturated carbocycles. The van der Waals surface area contributed by atoms with Gasteiger partial charge in [-0.1, -0.05) is 11.6 Å². The van der Waals surface area contributed by atoms with Crippen LogP contribution in [0.1, 0.15) is 34.2 Å². The number of esters is 1. The van der Waals surface area contributed by atoms with Crippen molar-refractivity contribution >= 4 is 47.2 Å². The number of hydrogen-bond donors (Lipinski definition) is 1. The molecular formula is C26H22ClN3O5. The number of barbiturate groups is 1. The largest absolute Gasteiger partial charge is 0.462 e. The summed E-state index contributed by atoms with van der Waals surface area (Å²) in [6.07, 6.45) is 1.47. The predicted molar refractivity (Wildman–Crippen MR) is 132 cm³/mol. The first-order valence-electron chi connectivity index (χ1n) is 10.8. The molecule has 4 rings (SSSR count). The molecule has 2 heterocycles. The first kappa shape index (κ1) is 24.0. The van der Waals surface area contributed by atoms with Crippen LogP contribution in [0.5, 0.6) is 0 Å². The van der Waals surface area contributed by atoms with Crippen molar-refractivity contribution in [1.82, 2.24) is 9.88 Å². The van der Waals surface area contributed by atoms with Crippen LogP contribution in [0.4, 0.5) is 10.5 Å². The van der Waals surface area contributed by atoms with Gasteiger partial charge in [0.05, 0.1) is 17.9 Å². The van der Waals surface area contributed by atoms with Crippen molar-refractivity contribution < 1.29 is 23.9 Å². The highest BCUT2D eigenvalue weighted by atomic mass is 35.5. The lowest BCUT2D eigenvalue weighted by Gasteiger charge is -2.26. The van der Waals surface area contributed by atoms with E-state index in [0.29, 0.717) is 28.4 Å². The summed E-state index contributed by atoms with van der Waals surface area (Å²) in [5.41, 5.74) is 3.63. The lowest BCUT2D eigenvalue weighted by atomic mass is 10.1. The Balaban J connectivity index is 1.69. The van der Waals surface area contributed by atoms with Gasteiger partial charge in [0.2, 0.25) is 0 Å². The van der Waals surface area contributed by atoms with Gasteiger partial charge in [-0.25, -0.2) is 14.5 Å². The number of anilines is 1. The third kappa shape index (κ3) is 4.61. The SMILES string of the molecule is CCOC(=O)c1ccc(-n2c(C)cc(C=C3C(=O)NC(=O)N(c4ccc(Cl)cc4)C3=O)c2C)cc1. The van der Waals surface area contributed by atoms with Gasteiger partial charge in [-0.05, 0) is 87.0 Å². The van der Waals surface area contributed by atoms with Crippen LogP contribution in [-0.4, -0.2) is 35.0 Å². The summed E-state index contributed by atoms with van der Waals surface area (Å²) in [6.45, 7) is 5.78. The molecule has 9 heteroatoms. The van der Waals surface area contributed by atoms with Crippen LogP contribution in [0.25, 0.3) is 11.8 Å². The second-order valence-corrected chi connectivity index (χ2v) is 8.30. The summed E-state index contributed by atoms with van der Waals surface area (Å²) >= 11 is 5.91. The monoisotopic (exact) mass is 491 g/mol. The molecule has 0 aliphatic carbocycles. The average molecular weight is 492 g/mol. The Morgan fingerprint density at radius 3 is 2.26 bits per heavy atom. The normalized spacial score (nSPS) is 14.9. The van der Waals surface area contributed by atoms with Gasteiger partial charge in [-0.2, -0.15) is 0 Å². The van der Waals surface area contributed by atoms with E-state index >= 15 is 0 Å². The first-order chi connectivity index (χ1) is 16.7. The molecule has 1 aromatic heterocycles. The Labute approximate surface area is 206 Å². The maximum Gasteiger partial charge on any atom is 0.338 e. The topological polar surface area (TPSA) is 97.7 Å². The van der Waals surface area contributed by atoms with Crippen LogP contribution in [0.15, 0.2) is 60.2 Å². The number of carbonyl (C=O) groups excluding carboxylic acids is 4. The minimum absolute atomic E-state index is 0.169. The van der Waals surface area contributed by atoms with Crippen molar-refractivity contribution in [2.75, 3.05) is 11.5 Å². The molecule has 1 N–H and O–H groups in total. The zero-order valence-corrected chi connectivity index (χ0v) is 20.1. The summed E-state index contributed by atoms with van der Waals surface area (Å²) in [5, 5.41) is 2.67. The second-order valence-electron chi connectivity index (χ2n) is 7.86. The molecule has 35 heavy (non-hydrogen) atoms. The highest BCUT2D eigenvalue weighted by Gasteiger charge is 2.37. The van der Waals surface area contributed by atoms with Gasteiger partial charge in [0.25, 0.3) is 11.8 Å². The standard InChI is InChI=1S/C26H22ClN3O5/c1-4-35-25(33)17-5-9-20(10-6-17)29-15(2)13-18(16(29)3)14-22-23(31)28-26(34)30(24(22)32)21-11-7-19(27)8-12-21/h5-14H,4H2,1-3H3,(H,28,31,34). The second kappa shape index (κ2) is 9.60. The van der Waals surface area contributed by atoms with E-state index in [1.165, 1.54) is 18.2 Å². The fourth-order valence-corrected chi connectivity index (χ4v) is 4.06. The van der Waals surface area contributed by atoms with Gasteiger partial charge in [0, 0.05) is 22.1 Å². The number of imide groups is 2. The minimum atomic E-state index is -0.827. The van der Waals surface area contributed by atoms with Crippen molar-refractivity contribution in [3.8, 4) is 5.69 Å². The molecule has 1 aliphatic rings. The van der Waals surface area contributed by atoms with Gasteiger partial charge in [0.15, 0.2) is 0 Å². The number of amides is 4. The van der Waals surface area contributed by atoms with Crippen molar-refractivity contribution in [1.29, 1.82) is 0 Å². The molecule has 0 radical (unpaired) electrons. The number of urea groups is 1. The molecule has 3 aromatic rings. The molecule has 4 amide bonds. The van der Waals surface area contributed by atoms with Gasteiger partial charge in [0.1, 0.15) is 5.57 Å². The number of nitrogens with zero attached hydrogens (tertiary/aromatic N) is 2. The Bertz CT molecular complexity index is 1370. The van der Waals surface area contributed by atoms with Crippen molar-refractivity contribution in [3.63, 3.8) is 0 Å². The molecule has 1 aliphatic heterocycles. The third-order valence-corrected chi connectivity index (χ3v) is 5.85. The highest BCUT2D eigenvalue weighted by molar-refractivity contribution is 6.39. The van der Waals surface area contributed by atoms with E-state index in [1.54, 1.807) is 43.3 Å². The number of ether oxygens (including phenoxy) is 1.